The summed E-state index contributed by atoms with van der Waals surface area (Å²) < 4.78 is 14.8. The van der Waals surface area contributed by atoms with Crippen molar-refractivity contribution in [2.45, 2.75) is 38.7 Å². The monoisotopic (exact) mass is 531 g/mol. The molecule has 2 aliphatic heterocycles. The van der Waals surface area contributed by atoms with Gasteiger partial charge in [0, 0.05) is 51.5 Å². The lowest BCUT2D eigenvalue weighted by molar-refractivity contribution is 0.0292. The maximum atomic E-state index is 12.5. The van der Waals surface area contributed by atoms with Crippen LogP contribution < -0.4 is 4.90 Å². The van der Waals surface area contributed by atoms with Crippen LogP contribution in [0.15, 0.2) is 36.7 Å². The minimum absolute atomic E-state index is 0.119. The van der Waals surface area contributed by atoms with Gasteiger partial charge >= 0.3 is 6.09 Å². The van der Waals surface area contributed by atoms with Gasteiger partial charge in [0.05, 0.1) is 18.9 Å². The molecule has 0 saturated carbocycles. The highest BCUT2D eigenvalue weighted by Gasteiger charge is 2.32. The first-order chi connectivity index (χ1) is 18.8. The molecule has 12 nitrogen and oxygen atoms in total. The summed E-state index contributed by atoms with van der Waals surface area (Å²) in [7, 11) is 1.94. The number of imidazole rings is 1. The summed E-state index contributed by atoms with van der Waals surface area (Å²) in [6, 6.07) is 7.75. The molecule has 39 heavy (non-hydrogen) atoms. The fraction of sp³-hybridized carbons (Fsp3) is 0.481. The maximum Gasteiger partial charge on any atom is 0.410 e. The Morgan fingerprint density at radius 2 is 1.90 bits per heavy atom. The average Bonchev–Trinajstić information content (AvgIpc) is 3.67. The number of ether oxygens (including phenoxy) is 2. The number of aromatic nitrogens is 7. The van der Waals surface area contributed by atoms with Gasteiger partial charge in [-0.15, -0.1) is 0 Å². The minimum atomic E-state index is -0.521. The molecule has 4 aromatic rings. The number of hydrogen-bond acceptors (Lipinski definition) is 9. The van der Waals surface area contributed by atoms with Gasteiger partial charge in [0.2, 0.25) is 0 Å². The Morgan fingerprint density at radius 1 is 1.08 bits per heavy atom. The Morgan fingerprint density at radius 3 is 2.64 bits per heavy atom. The normalized spacial score (nSPS) is 18.2. The summed E-state index contributed by atoms with van der Waals surface area (Å²) in [5.41, 5.74) is 2.57. The van der Waals surface area contributed by atoms with E-state index in [2.05, 4.69) is 9.88 Å². The van der Waals surface area contributed by atoms with E-state index in [0.717, 1.165) is 35.0 Å². The van der Waals surface area contributed by atoms with E-state index < -0.39 is 5.60 Å². The number of amides is 1. The van der Waals surface area contributed by atoms with Crippen molar-refractivity contribution >= 4 is 23.1 Å². The minimum Gasteiger partial charge on any atom is -0.444 e. The molecule has 0 bridgehead atoms. The van der Waals surface area contributed by atoms with E-state index >= 15 is 0 Å². The van der Waals surface area contributed by atoms with Gasteiger partial charge < -0.3 is 23.8 Å². The van der Waals surface area contributed by atoms with Gasteiger partial charge in [-0.3, -0.25) is 4.98 Å². The highest BCUT2D eigenvalue weighted by Crippen LogP contribution is 2.30. The molecule has 12 heteroatoms. The molecule has 1 amide bonds. The second kappa shape index (κ2) is 9.92. The maximum absolute atomic E-state index is 12.5. The van der Waals surface area contributed by atoms with Crippen LogP contribution in [0, 0.1) is 0 Å². The summed E-state index contributed by atoms with van der Waals surface area (Å²) in [6.45, 7) is 9.53. The molecule has 1 unspecified atom stereocenters. The van der Waals surface area contributed by atoms with Crippen LogP contribution in [0.3, 0.4) is 0 Å². The number of rotatable bonds is 4. The Balaban J connectivity index is 1.33. The SMILES string of the molecule is Cn1c(-c2ccccn2)nc2c(N3CCOCC3)nc(-n3ccc(C4CCN(C(=O)OC(C)(C)C)C4)n3)nc21. The van der Waals surface area contributed by atoms with E-state index in [1.165, 1.54) is 0 Å². The first-order valence-electron chi connectivity index (χ1n) is 13.3. The molecular weight excluding hydrogens is 498 g/mol. The van der Waals surface area contributed by atoms with E-state index in [4.69, 9.17) is 29.5 Å². The first-order valence-corrected chi connectivity index (χ1v) is 13.3. The number of hydrogen-bond donors (Lipinski definition) is 0. The highest BCUT2D eigenvalue weighted by molar-refractivity contribution is 5.87. The summed E-state index contributed by atoms with van der Waals surface area (Å²) in [4.78, 5) is 35.7. The topological polar surface area (TPSA) is 116 Å². The van der Waals surface area contributed by atoms with Gasteiger partial charge in [-0.05, 0) is 45.4 Å². The molecule has 6 rings (SSSR count). The summed E-state index contributed by atoms with van der Waals surface area (Å²) >= 11 is 0. The van der Waals surface area contributed by atoms with Crippen LogP contribution in [0.2, 0.25) is 0 Å². The fourth-order valence-electron chi connectivity index (χ4n) is 5.02. The summed E-state index contributed by atoms with van der Waals surface area (Å²) in [6.07, 6.45) is 4.18. The van der Waals surface area contributed by atoms with Crippen LogP contribution >= 0.6 is 0 Å². The van der Waals surface area contributed by atoms with Crippen LogP contribution in [0.25, 0.3) is 28.6 Å². The van der Waals surface area contributed by atoms with Crippen molar-refractivity contribution in [1.82, 2.24) is 39.2 Å². The van der Waals surface area contributed by atoms with E-state index in [1.807, 2.05) is 62.8 Å². The van der Waals surface area contributed by atoms with E-state index in [0.29, 0.717) is 51.0 Å². The average molecular weight is 532 g/mol. The third kappa shape index (κ3) is 5.03. The highest BCUT2D eigenvalue weighted by atomic mass is 16.6. The second-order valence-electron chi connectivity index (χ2n) is 10.9. The Bertz CT molecular complexity index is 1490. The molecular formula is C27H33N9O3. The molecule has 4 aromatic heterocycles. The molecule has 2 fully saturated rings. The van der Waals surface area contributed by atoms with Crippen LogP contribution in [-0.2, 0) is 16.5 Å². The molecule has 2 saturated heterocycles. The first kappa shape index (κ1) is 25.2. The van der Waals surface area contributed by atoms with Gasteiger partial charge in [-0.1, -0.05) is 6.07 Å². The number of aryl methyl sites for hydroxylation is 1. The Labute approximate surface area is 226 Å². The predicted molar refractivity (Wildman–Crippen MR) is 145 cm³/mol. The predicted octanol–water partition coefficient (Wildman–Crippen LogP) is 3.17. The number of pyridine rings is 1. The Hall–Kier alpha value is -4.06. The standard InChI is InChI=1S/C27H33N9O3/c1-27(2,3)39-26(37)35-11-8-18(17-35)19-9-12-36(32-19)25-30-23-21(24(31-25)34-13-15-38-16-14-34)29-22(33(23)4)20-7-5-6-10-28-20/h5-7,9-10,12,18H,8,11,13-17H2,1-4H3. The number of morpholine rings is 1. The third-order valence-corrected chi connectivity index (χ3v) is 6.97. The van der Waals surface area contributed by atoms with Gasteiger partial charge in [0.1, 0.15) is 11.3 Å². The van der Waals surface area contributed by atoms with E-state index in [-0.39, 0.29) is 12.0 Å². The summed E-state index contributed by atoms with van der Waals surface area (Å²) in [5.74, 6) is 2.06. The van der Waals surface area contributed by atoms with Gasteiger partial charge in [0.15, 0.2) is 22.8 Å². The fourth-order valence-corrected chi connectivity index (χ4v) is 5.02. The number of carbonyl (C=O) groups is 1. The van der Waals surface area contributed by atoms with Crippen molar-refractivity contribution in [3.8, 4) is 17.5 Å². The van der Waals surface area contributed by atoms with Crippen molar-refractivity contribution in [1.29, 1.82) is 0 Å². The molecule has 2 aliphatic rings. The van der Waals surface area contributed by atoms with Crippen LogP contribution in [0.1, 0.15) is 38.8 Å². The van der Waals surface area contributed by atoms with Gasteiger partial charge in [-0.2, -0.15) is 15.1 Å². The number of likely N-dealkylation sites (tertiary alicyclic amines) is 1. The molecule has 0 aromatic carbocycles. The molecule has 0 N–H and O–H groups in total. The molecule has 6 heterocycles. The zero-order valence-electron chi connectivity index (χ0n) is 22.7. The van der Waals surface area contributed by atoms with Crippen molar-refractivity contribution in [2.24, 2.45) is 7.05 Å². The number of carbonyl (C=O) groups excluding carboxylic acids is 1. The largest absolute Gasteiger partial charge is 0.444 e. The second-order valence-corrected chi connectivity index (χ2v) is 10.9. The molecule has 1 atom stereocenters. The van der Waals surface area contributed by atoms with Gasteiger partial charge in [-0.25, -0.2) is 14.5 Å². The van der Waals surface area contributed by atoms with Crippen molar-refractivity contribution in [3.63, 3.8) is 0 Å². The molecule has 0 spiro atoms. The van der Waals surface area contributed by atoms with Crippen LogP contribution in [0.4, 0.5) is 10.6 Å². The lowest BCUT2D eigenvalue weighted by Crippen LogP contribution is -2.37. The molecule has 0 radical (unpaired) electrons. The summed E-state index contributed by atoms with van der Waals surface area (Å²) in [5, 5.41) is 4.85. The quantitative estimate of drug-likeness (QED) is 0.391. The van der Waals surface area contributed by atoms with Gasteiger partial charge in [0.25, 0.3) is 5.95 Å². The van der Waals surface area contributed by atoms with E-state index in [9.17, 15) is 4.79 Å². The lowest BCUT2D eigenvalue weighted by Gasteiger charge is -2.28. The van der Waals surface area contributed by atoms with E-state index in [1.54, 1.807) is 15.8 Å². The molecule has 204 valence electrons. The van der Waals surface area contributed by atoms with Crippen LogP contribution in [0.5, 0.6) is 0 Å². The zero-order valence-corrected chi connectivity index (χ0v) is 22.7. The van der Waals surface area contributed by atoms with Crippen LogP contribution in [-0.4, -0.2) is 90.3 Å². The molecule has 0 aliphatic carbocycles. The van der Waals surface area contributed by atoms with Crippen molar-refractivity contribution in [3.05, 3.63) is 42.4 Å². The lowest BCUT2D eigenvalue weighted by atomic mass is 10.1. The number of fused-ring (bicyclic) bond motifs is 1. The number of nitrogens with zero attached hydrogens (tertiary/aromatic N) is 9. The zero-order chi connectivity index (χ0) is 27.1. The number of anilines is 1. The van der Waals surface area contributed by atoms with Crippen molar-refractivity contribution < 1.29 is 14.3 Å². The smallest absolute Gasteiger partial charge is 0.410 e. The third-order valence-electron chi connectivity index (χ3n) is 6.97. The van der Waals surface area contributed by atoms with Crippen molar-refractivity contribution in [2.75, 3.05) is 44.3 Å². The Kier molecular flexibility index (Phi) is 6.42.